The largest absolute Gasteiger partial charge is 0.485 e. The molecule has 9 nitrogen and oxygen atoms in total. The predicted molar refractivity (Wildman–Crippen MR) is 104 cm³/mol. The molecule has 2 aliphatic rings. The minimum atomic E-state index is -4.59. The van der Waals surface area contributed by atoms with E-state index in [2.05, 4.69) is 20.6 Å². The molecular formula is C19H20F3N5O4. The summed E-state index contributed by atoms with van der Waals surface area (Å²) in [6, 6.07) is 3.16. The summed E-state index contributed by atoms with van der Waals surface area (Å²) in [6.07, 6.45) is -3.89. The number of amides is 1. The second-order valence-corrected chi connectivity index (χ2v) is 6.75. The first kappa shape index (κ1) is 21.0. The van der Waals surface area contributed by atoms with E-state index in [0.717, 1.165) is 0 Å². The quantitative estimate of drug-likeness (QED) is 0.750. The molecule has 4 rings (SSSR count). The molecule has 3 heterocycles. The maximum absolute atomic E-state index is 13.1. The highest BCUT2D eigenvalue weighted by Crippen LogP contribution is 2.42. The summed E-state index contributed by atoms with van der Waals surface area (Å²) in [5.74, 6) is -0.0932. The third kappa shape index (κ3) is 4.29. The van der Waals surface area contributed by atoms with Crippen LogP contribution in [0.15, 0.2) is 18.3 Å². The van der Waals surface area contributed by atoms with E-state index in [1.807, 2.05) is 0 Å². The van der Waals surface area contributed by atoms with E-state index in [1.54, 1.807) is 17.0 Å². The van der Waals surface area contributed by atoms with Gasteiger partial charge in [0.2, 0.25) is 5.95 Å². The van der Waals surface area contributed by atoms with Crippen LogP contribution >= 0.6 is 0 Å². The molecular weight excluding hydrogens is 419 g/mol. The first-order chi connectivity index (χ1) is 14.9. The number of fused-ring (bicyclic) bond motifs is 1. The second kappa shape index (κ2) is 8.46. The minimum Gasteiger partial charge on any atom is -0.485 e. The Hall–Kier alpha value is -3.28. The lowest BCUT2D eigenvalue weighted by Crippen LogP contribution is -2.41. The monoisotopic (exact) mass is 439 g/mol. The van der Waals surface area contributed by atoms with Crippen molar-refractivity contribution in [2.45, 2.75) is 6.18 Å². The molecule has 1 saturated heterocycles. The van der Waals surface area contributed by atoms with Gasteiger partial charge in [-0.05, 0) is 12.1 Å². The number of rotatable bonds is 4. The standard InChI is InChI=1S/C19H20F3N5O4/c1-23-16-12(19(20,21)22)10-24-18(26-16)25-13-3-2-11(14-15(13)31-9-8-30-14)17(28)27-4-6-29-7-5-27/h2-3,10H,4-9H2,1H3,(H2,23,24,25,26). The molecule has 2 aromatic rings. The maximum atomic E-state index is 13.1. The van der Waals surface area contributed by atoms with Gasteiger partial charge in [0.25, 0.3) is 5.91 Å². The Morgan fingerprint density at radius 3 is 2.48 bits per heavy atom. The smallest absolute Gasteiger partial charge is 0.421 e. The van der Waals surface area contributed by atoms with Gasteiger partial charge in [-0.2, -0.15) is 18.2 Å². The third-order valence-corrected chi connectivity index (χ3v) is 4.79. The zero-order chi connectivity index (χ0) is 22.0. The van der Waals surface area contributed by atoms with Crippen LogP contribution in [-0.4, -0.2) is 67.3 Å². The van der Waals surface area contributed by atoms with Gasteiger partial charge in [-0.1, -0.05) is 0 Å². The Labute approximate surface area is 175 Å². The summed E-state index contributed by atoms with van der Waals surface area (Å²) in [7, 11) is 1.34. The van der Waals surface area contributed by atoms with Crippen LogP contribution in [0.5, 0.6) is 11.5 Å². The lowest BCUT2D eigenvalue weighted by atomic mass is 10.1. The summed E-state index contributed by atoms with van der Waals surface area (Å²) in [6.45, 7) is 2.39. The number of benzene rings is 1. The predicted octanol–water partition coefficient (Wildman–Crippen LogP) is 2.52. The van der Waals surface area contributed by atoms with Crippen LogP contribution in [0.25, 0.3) is 0 Å². The zero-order valence-electron chi connectivity index (χ0n) is 16.6. The molecule has 0 bridgehead atoms. The van der Waals surface area contributed by atoms with Crippen LogP contribution in [0.4, 0.5) is 30.6 Å². The normalized spacial score (nSPS) is 16.1. The van der Waals surface area contributed by atoms with Gasteiger partial charge in [0, 0.05) is 26.3 Å². The number of nitrogens with one attached hydrogen (secondary N) is 2. The van der Waals surface area contributed by atoms with Crippen molar-refractivity contribution < 1.29 is 32.2 Å². The number of carbonyl (C=O) groups is 1. The van der Waals surface area contributed by atoms with Crippen LogP contribution in [0.1, 0.15) is 15.9 Å². The minimum absolute atomic E-state index is 0.0685. The number of hydrogen-bond acceptors (Lipinski definition) is 8. The van der Waals surface area contributed by atoms with Gasteiger partial charge in [0.05, 0.1) is 24.5 Å². The van der Waals surface area contributed by atoms with Gasteiger partial charge < -0.3 is 29.7 Å². The summed E-state index contributed by atoms with van der Waals surface area (Å²) < 4.78 is 55.9. The van der Waals surface area contributed by atoms with E-state index in [9.17, 15) is 18.0 Å². The summed E-state index contributed by atoms with van der Waals surface area (Å²) in [4.78, 5) is 22.3. The van der Waals surface area contributed by atoms with Crippen LogP contribution < -0.4 is 20.1 Å². The fourth-order valence-corrected chi connectivity index (χ4v) is 3.30. The number of ether oxygens (including phenoxy) is 3. The van der Waals surface area contributed by atoms with Gasteiger partial charge in [0.1, 0.15) is 24.6 Å². The Bertz CT molecular complexity index is 980. The van der Waals surface area contributed by atoms with Crippen LogP contribution in [0, 0.1) is 0 Å². The highest BCUT2D eigenvalue weighted by Gasteiger charge is 2.35. The summed E-state index contributed by atoms with van der Waals surface area (Å²) in [5.41, 5.74) is -0.268. The molecule has 1 fully saturated rings. The second-order valence-electron chi connectivity index (χ2n) is 6.75. The van der Waals surface area contributed by atoms with E-state index in [-0.39, 0.29) is 42.4 Å². The van der Waals surface area contributed by atoms with E-state index in [1.165, 1.54) is 7.05 Å². The molecule has 0 atom stereocenters. The Balaban J connectivity index is 1.65. The molecule has 166 valence electrons. The van der Waals surface area contributed by atoms with Gasteiger partial charge in [-0.3, -0.25) is 4.79 Å². The fraction of sp³-hybridized carbons (Fsp3) is 0.421. The number of hydrogen-bond donors (Lipinski definition) is 2. The molecule has 31 heavy (non-hydrogen) atoms. The molecule has 0 aliphatic carbocycles. The van der Waals surface area contributed by atoms with Crippen molar-refractivity contribution in [2.75, 3.05) is 57.2 Å². The van der Waals surface area contributed by atoms with Gasteiger partial charge in [0.15, 0.2) is 11.5 Å². The van der Waals surface area contributed by atoms with Crippen molar-refractivity contribution in [3.8, 4) is 11.5 Å². The molecule has 12 heteroatoms. The van der Waals surface area contributed by atoms with Crippen LogP contribution in [0.3, 0.4) is 0 Å². The highest BCUT2D eigenvalue weighted by atomic mass is 19.4. The van der Waals surface area contributed by atoms with Crippen molar-refractivity contribution in [3.63, 3.8) is 0 Å². The Kier molecular flexibility index (Phi) is 5.72. The average molecular weight is 439 g/mol. The molecule has 0 saturated carbocycles. The van der Waals surface area contributed by atoms with Crippen molar-refractivity contribution in [1.29, 1.82) is 0 Å². The summed E-state index contributed by atoms with van der Waals surface area (Å²) in [5, 5.41) is 5.28. The molecule has 0 radical (unpaired) electrons. The molecule has 1 aromatic carbocycles. The Morgan fingerprint density at radius 2 is 1.81 bits per heavy atom. The molecule has 2 aliphatic heterocycles. The third-order valence-electron chi connectivity index (χ3n) is 4.79. The average Bonchev–Trinajstić information content (AvgIpc) is 2.78. The number of nitrogens with zero attached hydrogens (tertiary/aromatic N) is 3. The molecule has 1 amide bonds. The Morgan fingerprint density at radius 1 is 1.10 bits per heavy atom. The summed E-state index contributed by atoms with van der Waals surface area (Å²) >= 11 is 0. The molecule has 2 N–H and O–H groups in total. The maximum Gasteiger partial charge on any atom is 0.421 e. The fourth-order valence-electron chi connectivity index (χ4n) is 3.30. The number of anilines is 3. The van der Waals surface area contributed by atoms with Crippen molar-refractivity contribution in [3.05, 3.63) is 29.5 Å². The number of alkyl halides is 3. The number of aromatic nitrogens is 2. The van der Waals surface area contributed by atoms with Gasteiger partial charge in [-0.25, -0.2) is 4.98 Å². The number of halogens is 3. The molecule has 0 unspecified atom stereocenters. The van der Waals surface area contributed by atoms with Crippen LogP contribution in [-0.2, 0) is 10.9 Å². The van der Waals surface area contributed by atoms with Gasteiger partial charge in [-0.15, -0.1) is 0 Å². The van der Waals surface area contributed by atoms with Crippen LogP contribution in [0.2, 0.25) is 0 Å². The topological polar surface area (TPSA) is 97.8 Å². The first-order valence-corrected chi connectivity index (χ1v) is 9.57. The zero-order valence-corrected chi connectivity index (χ0v) is 16.6. The van der Waals surface area contributed by atoms with E-state index in [4.69, 9.17) is 14.2 Å². The SMILES string of the molecule is CNc1nc(Nc2ccc(C(=O)N3CCOCC3)c3c2OCCO3)ncc1C(F)(F)F. The van der Waals surface area contributed by atoms with Crippen molar-refractivity contribution in [2.24, 2.45) is 0 Å². The lowest BCUT2D eigenvalue weighted by molar-refractivity contribution is -0.137. The van der Waals surface area contributed by atoms with Gasteiger partial charge >= 0.3 is 6.18 Å². The van der Waals surface area contributed by atoms with E-state index in [0.29, 0.717) is 43.8 Å². The molecule has 1 aromatic heterocycles. The number of morpholine rings is 1. The number of carbonyl (C=O) groups excluding carboxylic acids is 1. The van der Waals surface area contributed by atoms with Crippen molar-refractivity contribution >= 4 is 23.4 Å². The molecule has 0 spiro atoms. The lowest BCUT2D eigenvalue weighted by Gasteiger charge is -2.29. The highest BCUT2D eigenvalue weighted by molar-refractivity contribution is 5.99. The van der Waals surface area contributed by atoms with E-state index < -0.39 is 11.7 Å². The van der Waals surface area contributed by atoms with E-state index >= 15 is 0 Å². The van der Waals surface area contributed by atoms with Crippen molar-refractivity contribution in [1.82, 2.24) is 14.9 Å². The first-order valence-electron chi connectivity index (χ1n) is 9.57.